The van der Waals surface area contributed by atoms with Crippen LogP contribution >= 0.6 is 11.3 Å². The average Bonchev–Trinajstić information content (AvgIpc) is 3.20. The number of thiophene rings is 1. The molecule has 2 aliphatic heterocycles. The van der Waals surface area contributed by atoms with Crippen LogP contribution in [0, 0.1) is 6.92 Å². The lowest BCUT2D eigenvalue weighted by atomic mass is 10.0. The normalized spacial score (nSPS) is 20.3. The fourth-order valence-electron chi connectivity index (χ4n) is 4.39. The highest BCUT2D eigenvalue weighted by Gasteiger charge is 2.32. The van der Waals surface area contributed by atoms with Crippen LogP contribution in [0.4, 0.5) is 0 Å². The van der Waals surface area contributed by atoms with E-state index in [4.69, 9.17) is 9.47 Å². The minimum absolute atomic E-state index is 0.0703. The molecule has 1 amide bonds. The second-order valence-electron chi connectivity index (χ2n) is 8.13. The molecule has 2 aromatic heterocycles. The molecule has 1 aromatic carbocycles. The Balaban J connectivity index is 1.45. The van der Waals surface area contributed by atoms with Crippen LogP contribution in [-0.4, -0.2) is 66.7 Å². The van der Waals surface area contributed by atoms with Gasteiger partial charge in [0.05, 0.1) is 25.9 Å². The van der Waals surface area contributed by atoms with Crippen molar-refractivity contribution in [3.8, 4) is 0 Å². The van der Waals surface area contributed by atoms with Crippen LogP contribution in [0.25, 0.3) is 10.2 Å². The number of aromatic nitrogens is 1. The van der Waals surface area contributed by atoms with E-state index < -0.39 is 0 Å². The van der Waals surface area contributed by atoms with Crippen LogP contribution in [0.1, 0.15) is 32.5 Å². The monoisotopic (exact) mass is 437 g/mol. The largest absolute Gasteiger partial charge is 0.378 e. The third-order valence-corrected chi connectivity index (χ3v) is 7.24. The number of morpholine rings is 2. The summed E-state index contributed by atoms with van der Waals surface area (Å²) in [5, 5.41) is 1.03. The minimum Gasteiger partial charge on any atom is -0.378 e. The number of amides is 1. The molecular weight excluding hydrogens is 410 g/mol. The summed E-state index contributed by atoms with van der Waals surface area (Å²) in [6, 6.07) is 12.5. The van der Waals surface area contributed by atoms with Gasteiger partial charge in [0.15, 0.2) is 0 Å². The van der Waals surface area contributed by atoms with Gasteiger partial charge in [-0.3, -0.25) is 9.69 Å². The van der Waals surface area contributed by atoms with E-state index in [2.05, 4.69) is 47.1 Å². The van der Waals surface area contributed by atoms with E-state index >= 15 is 0 Å². The van der Waals surface area contributed by atoms with Gasteiger partial charge in [-0.25, -0.2) is 4.98 Å². The quantitative estimate of drug-likeness (QED) is 0.624. The number of carbonyl (C=O) groups excluding carboxylic acids is 1. The van der Waals surface area contributed by atoms with E-state index in [0.717, 1.165) is 40.3 Å². The lowest BCUT2D eigenvalue weighted by Crippen LogP contribution is -2.41. The number of hydrogen-bond donors (Lipinski definition) is 0. The molecular formula is C24H27N3O3S. The third kappa shape index (κ3) is 4.23. The highest BCUT2D eigenvalue weighted by atomic mass is 32.1. The Morgan fingerprint density at radius 3 is 2.81 bits per heavy atom. The summed E-state index contributed by atoms with van der Waals surface area (Å²) in [4.78, 5) is 24.0. The zero-order chi connectivity index (χ0) is 21.2. The SMILES string of the molecule is Cc1ccccc1CN1CCO[C@@H](c2c(C(=O)N3CCOCC3)sc3ncccc23)C1. The number of carbonyl (C=O) groups is 1. The molecule has 5 rings (SSSR count). The molecule has 31 heavy (non-hydrogen) atoms. The highest BCUT2D eigenvalue weighted by Crippen LogP contribution is 2.38. The van der Waals surface area contributed by atoms with E-state index in [1.165, 1.54) is 22.5 Å². The van der Waals surface area contributed by atoms with E-state index in [1.54, 1.807) is 6.20 Å². The van der Waals surface area contributed by atoms with Crippen LogP contribution in [0.15, 0.2) is 42.6 Å². The van der Waals surface area contributed by atoms with Gasteiger partial charge in [-0.2, -0.15) is 0 Å². The number of ether oxygens (including phenoxy) is 2. The molecule has 0 N–H and O–H groups in total. The predicted molar refractivity (Wildman–Crippen MR) is 121 cm³/mol. The van der Waals surface area contributed by atoms with Gasteiger partial charge in [0.25, 0.3) is 5.91 Å². The van der Waals surface area contributed by atoms with Crippen molar-refractivity contribution in [1.29, 1.82) is 0 Å². The van der Waals surface area contributed by atoms with Gasteiger partial charge >= 0.3 is 0 Å². The van der Waals surface area contributed by atoms with Crippen LogP contribution in [0.3, 0.4) is 0 Å². The smallest absolute Gasteiger partial charge is 0.264 e. The van der Waals surface area contributed by atoms with Gasteiger partial charge < -0.3 is 14.4 Å². The Bertz CT molecular complexity index is 1080. The molecule has 3 aromatic rings. The molecule has 0 radical (unpaired) electrons. The third-order valence-electron chi connectivity index (χ3n) is 6.12. The number of hydrogen-bond acceptors (Lipinski definition) is 6. The van der Waals surface area contributed by atoms with Crippen molar-refractivity contribution >= 4 is 27.5 Å². The Kier molecular flexibility index (Phi) is 6.00. The summed E-state index contributed by atoms with van der Waals surface area (Å²) in [6.45, 7) is 7.79. The molecule has 6 nitrogen and oxygen atoms in total. The van der Waals surface area contributed by atoms with Crippen molar-refractivity contribution in [2.24, 2.45) is 0 Å². The molecule has 0 saturated carbocycles. The standard InChI is InChI=1S/C24H27N3O3S/c1-17-5-2-3-6-18(17)15-26-9-14-30-20(16-26)21-19-7-4-8-25-23(19)31-22(21)24(28)27-10-12-29-13-11-27/h2-8,20H,9-16H2,1H3/t20-/m1/s1. The lowest BCUT2D eigenvalue weighted by Gasteiger charge is -2.34. The molecule has 2 aliphatic rings. The molecule has 0 spiro atoms. The Morgan fingerprint density at radius 2 is 1.97 bits per heavy atom. The van der Waals surface area contributed by atoms with Gasteiger partial charge in [0.2, 0.25) is 0 Å². The number of aryl methyl sites for hydroxylation is 1. The summed E-state index contributed by atoms with van der Waals surface area (Å²) < 4.78 is 11.7. The van der Waals surface area contributed by atoms with Crippen LogP contribution in [-0.2, 0) is 16.0 Å². The molecule has 2 saturated heterocycles. The van der Waals surface area contributed by atoms with Crippen molar-refractivity contribution in [3.05, 3.63) is 64.2 Å². The van der Waals surface area contributed by atoms with Gasteiger partial charge in [0, 0.05) is 49.9 Å². The van der Waals surface area contributed by atoms with Crippen LogP contribution < -0.4 is 0 Å². The maximum atomic E-state index is 13.4. The number of fused-ring (bicyclic) bond motifs is 1. The second kappa shape index (κ2) is 9.04. The zero-order valence-corrected chi connectivity index (χ0v) is 18.6. The molecule has 0 unspecified atom stereocenters. The van der Waals surface area contributed by atoms with E-state index in [-0.39, 0.29) is 12.0 Å². The average molecular weight is 438 g/mol. The topological polar surface area (TPSA) is 54.9 Å². The Morgan fingerprint density at radius 1 is 1.13 bits per heavy atom. The van der Waals surface area contributed by atoms with Gasteiger partial charge in [-0.05, 0) is 24.1 Å². The first kappa shape index (κ1) is 20.6. The van der Waals surface area contributed by atoms with Crippen molar-refractivity contribution in [2.45, 2.75) is 19.6 Å². The first-order valence-corrected chi connectivity index (χ1v) is 11.7. The summed E-state index contributed by atoms with van der Waals surface area (Å²) in [6.07, 6.45) is 1.65. The first-order chi connectivity index (χ1) is 15.2. The van der Waals surface area contributed by atoms with E-state index in [1.807, 2.05) is 11.0 Å². The molecule has 2 fully saturated rings. The number of rotatable bonds is 4. The summed E-state index contributed by atoms with van der Waals surface area (Å²) >= 11 is 1.49. The fraction of sp³-hybridized carbons (Fsp3) is 0.417. The molecule has 7 heteroatoms. The number of pyridine rings is 1. The predicted octanol–water partition coefficient (Wildman–Crippen LogP) is 3.65. The van der Waals surface area contributed by atoms with E-state index in [9.17, 15) is 4.79 Å². The maximum absolute atomic E-state index is 13.4. The summed E-state index contributed by atoms with van der Waals surface area (Å²) in [7, 11) is 0. The number of nitrogens with zero attached hydrogens (tertiary/aromatic N) is 3. The van der Waals surface area contributed by atoms with Crippen LogP contribution in [0.5, 0.6) is 0 Å². The van der Waals surface area contributed by atoms with Crippen molar-refractivity contribution < 1.29 is 14.3 Å². The summed E-state index contributed by atoms with van der Waals surface area (Å²) in [5.41, 5.74) is 3.64. The summed E-state index contributed by atoms with van der Waals surface area (Å²) in [5.74, 6) is 0.0703. The Labute approximate surface area is 186 Å². The minimum atomic E-state index is -0.143. The molecule has 162 valence electrons. The molecule has 0 aliphatic carbocycles. The first-order valence-electron chi connectivity index (χ1n) is 10.8. The Hall–Kier alpha value is -2.32. The van der Waals surface area contributed by atoms with Gasteiger partial charge in [-0.1, -0.05) is 30.3 Å². The van der Waals surface area contributed by atoms with Gasteiger partial charge in [0.1, 0.15) is 9.71 Å². The maximum Gasteiger partial charge on any atom is 0.264 e. The van der Waals surface area contributed by atoms with Crippen molar-refractivity contribution in [1.82, 2.24) is 14.8 Å². The fourth-order valence-corrected chi connectivity index (χ4v) is 5.55. The molecule has 1 atom stereocenters. The lowest BCUT2D eigenvalue weighted by molar-refractivity contribution is -0.0325. The number of benzene rings is 1. The molecule has 0 bridgehead atoms. The van der Waals surface area contributed by atoms with Crippen LogP contribution in [0.2, 0.25) is 0 Å². The highest BCUT2D eigenvalue weighted by molar-refractivity contribution is 7.20. The second-order valence-corrected chi connectivity index (χ2v) is 9.13. The molecule has 4 heterocycles. The van der Waals surface area contributed by atoms with Crippen molar-refractivity contribution in [3.63, 3.8) is 0 Å². The zero-order valence-electron chi connectivity index (χ0n) is 17.8. The van der Waals surface area contributed by atoms with E-state index in [0.29, 0.717) is 32.9 Å². The van der Waals surface area contributed by atoms with Crippen molar-refractivity contribution in [2.75, 3.05) is 46.0 Å². The van der Waals surface area contributed by atoms with Gasteiger partial charge in [-0.15, -0.1) is 11.3 Å².